The number of para-hydroxylation sites is 1. The van der Waals surface area contributed by atoms with Gasteiger partial charge in [-0.25, -0.2) is 0 Å². The zero-order valence-corrected chi connectivity index (χ0v) is 29.6. The Morgan fingerprint density at radius 1 is 0.545 bits per heavy atom. The van der Waals surface area contributed by atoms with E-state index in [1.807, 2.05) is 42.6 Å². The fourth-order valence-corrected chi connectivity index (χ4v) is 5.12. The van der Waals surface area contributed by atoms with Crippen molar-refractivity contribution in [3.8, 4) is 50.6 Å². The molecular weight excluding hydrogens is 720 g/mol. The third-order valence-corrected chi connectivity index (χ3v) is 7.96. The third-order valence-electron chi connectivity index (χ3n) is 7.96. The average molecular weight is 763 g/mol. The van der Waals surface area contributed by atoms with Gasteiger partial charge in [0.1, 0.15) is 5.75 Å². The van der Waals surface area contributed by atoms with Gasteiger partial charge in [-0.15, -0.1) is 23.8 Å². The summed E-state index contributed by atoms with van der Waals surface area (Å²) >= 11 is 0. The van der Waals surface area contributed by atoms with Gasteiger partial charge in [-0.05, 0) is 62.8 Å². The van der Waals surface area contributed by atoms with E-state index in [0.717, 1.165) is 39.3 Å². The van der Waals surface area contributed by atoms with E-state index in [2.05, 4.69) is 116 Å². The third kappa shape index (κ3) is 7.38. The van der Waals surface area contributed by atoms with E-state index in [4.69, 9.17) is 4.98 Å². The number of pyridine rings is 2. The molecule has 0 saturated heterocycles. The molecule has 0 unspecified atom stereocenters. The molecule has 0 radical (unpaired) electrons. The first-order valence-electron chi connectivity index (χ1n) is 15.1. The molecule has 0 aliphatic rings. The number of hydrogen-bond acceptors (Lipinski definition) is 3. The summed E-state index contributed by atoms with van der Waals surface area (Å²) in [5.41, 5.74) is 10.8. The molecule has 5 aromatic rings. The van der Waals surface area contributed by atoms with Gasteiger partial charge in [0.25, 0.3) is 0 Å². The zero-order valence-electron chi connectivity index (χ0n) is 27.3. The molecule has 2 aromatic heterocycles. The Labute approximate surface area is 278 Å². The molecule has 4 heteroatoms. The van der Waals surface area contributed by atoms with Crippen LogP contribution < -0.4 is 0 Å². The molecule has 0 atom stereocenters. The predicted molar refractivity (Wildman–Crippen MR) is 180 cm³/mol. The van der Waals surface area contributed by atoms with Crippen molar-refractivity contribution in [2.45, 2.75) is 78.6 Å². The van der Waals surface area contributed by atoms with Crippen molar-refractivity contribution in [1.29, 1.82) is 0 Å². The normalized spacial score (nSPS) is 12.1. The van der Waals surface area contributed by atoms with Gasteiger partial charge in [0, 0.05) is 44.2 Å². The van der Waals surface area contributed by atoms with Gasteiger partial charge in [-0.3, -0.25) is 9.97 Å². The van der Waals surface area contributed by atoms with Crippen LogP contribution in [-0.2, 0) is 37.3 Å². The molecule has 0 saturated carbocycles. The van der Waals surface area contributed by atoms with Gasteiger partial charge in [-0.1, -0.05) is 122 Å². The van der Waals surface area contributed by atoms with Gasteiger partial charge < -0.3 is 5.11 Å². The molecule has 3 aromatic carbocycles. The molecule has 230 valence electrons. The number of aromatic nitrogens is 2. The molecule has 5 rings (SSSR count). The number of hydrogen-bond donors (Lipinski definition) is 1. The number of aromatic hydroxyl groups is 1. The van der Waals surface area contributed by atoms with E-state index in [1.54, 1.807) is 6.07 Å². The molecule has 0 spiro atoms. The number of rotatable bonds is 4. The van der Waals surface area contributed by atoms with E-state index in [9.17, 15) is 5.11 Å². The molecule has 44 heavy (non-hydrogen) atoms. The first kappa shape index (κ1) is 33.3. The number of nitrogens with zero attached hydrogens (tertiary/aromatic N) is 2. The number of phenolic OH excluding ortho intramolecular Hbond substituents is 1. The Morgan fingerprint density at radius 3 is 1.59 bits per heavy atom. The Bertz CT molecular complexity index is 1740. The second-order valence-electron chi connectivity index (χ2n) is 14.6. The van der Waals surface area contributed by atoms with Crippen molar-refractivity contribution >= 4 is 0 Å². The number of phenols is 1. The van der Waals surface area contributed by atoms with Crippen LogP contribution in [0, 0.1) is 6.07 Å². The molecule has 1 N–H and O–H groups in total. The second-order valence-corrected chi connectivity index (χ2v) is 14.6. The van der Waals surface area contributed by atoms with Crippen LogP contribution in [0.1, 0.15) is 79.0 Å². The van der Waals surface area contributed by atoms with E-state index in [0.29, 0.717) is 5.56 Å². The molecule has 0 bridgehead atoms. The summed E-state index contributed by atoms with van der Waals surface area (Å²) in [7, 11) is 0. The van der Waals surface area contributed by atoms with Crippen molar-refractivity contribution < 1.29 is 26.2 Å². The van der Waals surface area contributed by atoms with Crippen LogP contribution in [0.2, 0.25) is 0 Å². The Balaban J connectivity index is 0.00000442. The Hall–Kier alpha value is -3.55. The summed E-state index contributed by atoms with van der Waals surface area (Å²) in [6, 6.07) is 32.6. The monoisotopic (exact) mass is 762 g/mol. The first-order chi connectivity index (χ1) is 20.1. The fourth-order valence-electron chi connectivity index (χ4n) is 5.12. The maximum Gasteiger partial charge on any atom is 0.124 e. The standard InChI is InChI=1S/C40H43N2O.Pt/c1-38(2,3)30-21-28(34-15-12-13-17-41-34)18-29(22-30)35-23-27(24-36(42-35)33-14-10-11-16-37(33)43)26-19-31(39(4,5)6)25-32(20-26)40(7,8)9;/h10-17,19-25,43H,1-9H3;/q-1;. The smallest absolute Gasteiger partial charge is 0.124 e. The van der Waals surface area contributed by atoms with E-state index in [-0.39, 0.29) is 43.1 Å². The van der Waals surface area contributed by atoms with Crippen molar-refractivity contribution in [2.24, 2.45) is 0 Å². The van der Waals surface area contributed by atoms with Crippen LogP contribution in [0.3, 0.4) is 0 Å². The minimum absolute atomic E-state index is 0. The van der Waals surface area contributed by atoms with Crippen LogP contribution in [0.25, 0.3) is 44.9 Å². The topological polar surface area (TPSA) is 46.0 Å². The quantitative estimate of drug-likeness (QED) is 0.186. The van der Waals surface area contributed by atoms with Crippen LogP contribution in [0.5, 0.6) is 5.75 Å². The van der Waals surface area contributed by atoms with Crippen LogP contribution >= 0.6 is 0 Å². The molecule has 2 heterocycles. The summed E-state index contributed by atoms with van der Waals surface area (Å²) in [6.45, 7) is 20.2. The van der Waals surface area contributed by atoms with Crippen LogP contribution in [0.4, 0.5) is 0 Å². The summed E-state index contributed by atoms with van der Waals surface area (Å²) < 4.78 is 0. The van der Waals surface area contributed by atoms with Gasteiger partial charge in [0.15, 0.2) is 0 Å². The van der Waals surface area contributed by atoms with Gasteiger partial charge in [0.2, 0.25) is 0 Å². The van der Waals surface area contributed by atoms with E-state index in [1.165, 1.54) is 16.7 Å². The summed E-state index contributed by atoms with van der Waals surface area (Å²) in [4.78, 5) is 9.78. The first-order valence-corrected chi connectivity index (χ1v) is 15.1. The van der Waals surface area contributed by atoms with Crippen molar-refractivity contribution in [3.05, 3.63) is 114 Å². The Morgan fingerprint density at radius 2 is 1.05 bits per heavy atom. The molecule has 0 amide bonds. The predicted octanol–water partition coefficient (Wildman–Crippen LogP) is 10.5. The molecule has 3 nitrogen and oxygen atoms in total. The van der Waals surface area contributed by atoms with E-state index < -0.39 is 0 Å². The van der Waals surface area contributed by atoms with Gasteiger partial charge >= 0.3 is 0 Å². The largest absolute Gasteiger partial charge is 0.507 e. The fraction of sp³-hybridized carbons (Fsp3) is 0.300. The minimum atomic E-state index is -0.0891. The maximum absolute atomic E-state index is 10.9. The second kappa shape index (κ2) is 12.4. The van der Waals surface area contributed by atoms with Crippen molar-refractivity contribution in [2.75, 3.05) is 0 Å². The minimum Gasteiger partial charge on any atom is -0.507 e. The molecular formula is C40H43N2OPt-. The zero-order chi connectivity index (χ0) is 31.2. The van der Waals surface area contributed by atoms with Gasteiger partial charge in [-0.2, -0.15) is 0 Å². The average Bonchev–Trinajstić information content (AvgIpc) is 2.96. The molecule has 0 aliphatic heterocycles. The van der Waals surface area contributed by atoms with Crippen LogP contribution in [0.15, 0.2) is 91.1 Å². The number of benzene rings is 3. The van der Waals surface area contributed by atoms with E-state index >= 15 is 0 Å². The van der Waals surface area contributed by atoms with Gasteiger partial charge in [0.05, 0.1) is 5.69 Å². The molecule has 0 aliphatic carbocycles. The molecule has 0 fully saturated rings. The van der Waals surface area contributed by atoms with Crippen molar-refractivity contribution in [1.82, 2.24) is 9.97 Å². The Kier molecular flexibility index (Phi) is 9.43. The van der Waals surface area contributed by atoms with Crippen LogP contribution in [-0.4, -0.2) is 15.1 Å². The maximum atomic E-state index is 10.9. The SMILES string of the molecule is CC(C)(C)c1cc(-c2ccccn2)[c-]c(-c2cc(-c3cc(C(C)(C)C)cc(C(C)(C)C)c3)cc(-c3ccccc3O)n2)c1.[Pt]. The summed E-state index contributed by atoms with van der Waals surface area (Å²) in [6.07, 6.45) is 1.82. The summed E-state index contributed by atoms with van der Waals surface area (Å²) in [5.74, 6) is 0.207. The summed E-state index contributed by atoms with van der Waals surface area (Å²) in [5, 5.41) is 10.9. The van der Waals surface area contributed by atoms with Crippen molar-refractivity contribution in [3.63, 3.8) is 0 Å².